The first kappa shape index (κ1) is 14.3. The Balaban J connectivity index is 1.65. The SMILES string of the molecule is CCCC1CCN(CC(NC2CC2)(C(N)=O)C2CC2)C1. The molecule has 3 fully saturated rings. The molecule has 1 amide bonds. The molecule has 3 N–H and O–H groups in total. The Kier molecular flexibility index (Phi) is 4.04. The highest BCUT2D eigenvalue weighted by molar-refractivity contribution is 5.86. The van der Waals surface area contributed by atoms with Crippen molar-refractivity contribution in [2.75, 3.05) is 19.6 Å². The molecule has 1 saturated heterocycles. The van der Waals surface area contributed by atoms with Gasteiger partial charge in [-0.25, -0.2) is 0 Å². The fourth-order valence-electron chi connectivity index (χ4n) is 3.86. The number of likely N-dealkylation sites (tertiary alicyclic amines) is 1. The minimum absolute atomic E-state index is 0.120. The maximum atomic E-state index is 12.2. The zero-order valence-electron chi connectivity index (χ0n) is 12.7. The van der Waals surface area contributed by atoms with E-state index < -0.39 is 5.54 Å². The second kappa shape index (κ2) is 5.64. The van der Waals surface area contributed by atoms with E-state index in [-0.39, 0.29) is 5.91 Å². The molecule has 0 bridgehead atoms. The molecule has 4 nitrogen and oxygen atoms in total. The van der Waals surface area contributed by atoms with E-state index >= 15 is 0 Å². The van der Waals surface area contributed by atoms with Crippen LogP contribution in [0.5, 0.6) is 0 Å². The predicted octanol–water partition coefficient (Wildman–Crippen LogP) is 1.49. The van der Waals surface area contributed by atoms with Crippen molar-refractivity contribution in [1.82, 2.24) is 10.2 Å². The Morgan fingerprint density at radius 2 is 2.05 bits per heavy atom. The van der Waals surface area contributed by atoms with E-state index in [1.807, 2.05) is 0 Å². The van der Waals surface area contributed by atoms with Gasteiger partial charge < -0.3 is 10.6 Å². The van der Waals surface area contributed by atoms with Crippen LogP contribution in [0.25, 0.3) is 0 Å². The van der Waals surface area contributed by atoms with Gasteiger partial charge in [0.05, 0.1) is 0 Å². The van der Waals surface area contributed by atoms with Gasteiger partial charge in [-0.2, -0.15) is 0 Å². The summed E-state index contributed by atoms with van der Waals surface area (Å²) in [5.41, 5.74) is 5.39. The lowest BCUT2D eigenvalue weighted by atomic mass is 9.91. The summed E-state index contributed by atoms with van der Waals surface area (Å²) in [5.74, 6) is 1.18. The zero-order valence-corrected chi connectivity index (χ0v) is 12.7. The first-order valence-electron chi connectivity index (χ1n) is 8.44. The molecular weight excluding hydrogens is 250 g/mol. The van der Waals surface area contributed by atoms with Crippen LogP contribution in [0.15, 0.2) is 0 Å². The van der Waals surface area contributed by atoms with Crippen molar-refractivity contribution in [2.24, 2.45) is 17.6 Å². The molecule has 1 aliphatic heterocycles. The van der Waals surface area contributed by atoms with Gasteiger partial charge in [0, 0.05) is 19.1 Å². The van der Waals surface area contributed by atoms with Crippen molar-refractivity contribution < 1.29 is 4.79 Å². The number of nitrogens with zero attached hydrogens (tertiary/aromatic N) is 1. The van der Waals surface area contributed by atoms with E-state index in [9.17, 15) is 4.79 Å². The molecule has 2 atom stereocenters. The molecule has 4 heteroatoms. The number of primary amides is 1. The molecule has 0 aromatic heterocycles. The average molecular weight is 279 g/mol. The summed E-state index contributed by atoms with van der Waals surface area (Å²) in [7, 11) is 0. The van der Waals surface area contributed by atoms with Crippen LogP contribution in [0.1, 0.15) is 51.9 Å². The lowest BCUT2D eigenvalue weighted by Gasteiger charge is -2.36. The number of rotatable bonds is 8. The van der Waals surface area contributed by atoms with Gasteiger partial charge in [-0.1, -0.05) is 13.3 Å². The molecule has 0 spiro atoms. The summed E-state index contributed by atoms with van der Waals surface area (Å²) in [6, 6.07) is 0.539. The highest BCUT2D eigenvalue weighted by Gasteiger charge is 2.53. The standard InChI is InChI=1S/C16H29N3O/c1-2-3-12-8-9-19(10-12)11-16(15(17)20,13-4-5-13)18-14-6-7-14/h12-14,18H,2-11H2,1H3,(H2,17,20). The van der Waals surface area contributed by atoms with Crippen LogP contribution in [0.2, 0.25) is 0 Å². The van der Waals surface area contributed by atoms with Gasteiger partial charge in [0.1, 0.15) is 5.54 Å². The first-order chi connectivity index (χ1) is 9.64. The molecule has 2 unspecified atom stereocenters. The van der Waals surface area contributed by atoms with Crippen LogP contribution in [-0.4, -0.2) is 42.0 Å². The third-order valence-electron chi connectivity index (χ3n) is 5.29. The quantitative estimate of drug-likeness (QED) is 0.708. The van der Waals surface area contributed by atoms with Crippen molar-refractivity contribution in [3.63, 3.8) is 0 Å². The summed E-state index contributed by atoms with van der Waals surface area (Å²) in [5, 5.41) is 3.62. The summed E-state index contributed by atoms with van der Waals surface area (Å²) in [6.07, 6.45) is 8.61. The van der Waals surface area contributed by atoms with Crippen molar-refractivity contribution in [3.05, 3.63) is 0 Å². The van der Waals surface area contributed by atoms with E-state index in [1.54, 1.807) is 0 Å². The van der Waals surface area contributed by atoms with Crippen LogP contribution in [-0.2, 0) is 4.79 Å². The fraction of sp³-hybridized carbons (Fsp3) is 0.938. The highest BCUT2D eigenvalue weighted by Crippen LogP contribution is 2.42. The second-order valence-electron chi connectivity index (χ2n) is 7.21. The molecular formula is C16H29N3O. The number of carbonyl (C=O) groups is 1. The minimum Gasteiger partial charge on any atom is -0.368 e. The van der Waals surface area contributed by atoms with Crippen molar-refractivity contribution in [2.45, 2.75) is 63.5 Å². The smallest absolute Gasteiger partial charge is 0.239 e. The first-order valence-corrected chi connectivity index (χ1v) is 8.44. The van der Waals surface area contributed by atoms with E-state index in [2.05, 4.69) is 17.1 Å². The van der Waals surface area contributed by atoms with Gasteiger partial charge in [-0.3, -0.25) is 10.1 Å². The third kappa shape index (κ3) is 3.01. The normalized spacial score (nSPS) is 30.4. The minimum atomic E-state index is -0.442. The molecule has 1 heterocycles. The summed E-state index contributed by atoms with van der Waals surface area (Å²) in [4.78, 5) is 14.7. The van der Waals surface area contributed by atoms with Crippen LogP contribution in [0.3, 0.4) is 0 Å². The topological polar surface area (TPSA) is 58.4 Å². The van der Waals surface area contributed by atoms with E-state index in [0.29, 0.717) is 12.0 Å². The second-order valence-corrected chi connectivity index (χ2v) is 7.21. The largest absolute Gasteiger partial charge is 0.368 e. The maximum Gasteiger partial charge on any atom is 0.239 e. The van der Waals surface area contributed by atoms with Crippen molar-refractivity contribution in [3.8, 4) is 0 Å². The van der Waals surface area contributed by atoms with E-state index in [0.717, 1.165) is 38.4 Å². The third-order valence-corrected chi connectivity index (χ3v) is 5.29. The molecule has 3 rings (SSSR count). The van der Waals surface area contributed by atoms with E-state index in [1.165, 1.54) is 32.1 Å². The number of hydrogen-bond acceptors (Lipinski definition) is 3. The summed E-state index contributed by atoms with van der Waals surface area (Å²) < 4.78 is 0. The monoisotopic (exact) mass is 279 g/mol. The Hall–Kier alpha value is -0.610. The number of amides is 1. The predicted molar refractivity (Wildman–Crippen MR) is 80.3 cm³/mol. The summed E-state index contributed by atoms with van der Waals surface area (Å²) >= 11 is 0. The molecule has 114 valence electrons. The van der Waals surface area contributed by atoms with Gasteiger partial charge >= 0.3 is 0 Å². The van der Waals surface area contributed by atoms with Gasteiger partial charge in [0.2, 0.25) is 5.91 Å². The average Bonchev–Trinajstić information content (AvgIpc) is 3.30. The van der Waals surface area contributed by atoms with Crippen molar-refractivity contribution in [1.29, 1.82) is 0 Å². The van der Waals surface area contributed by atoms with Gasteiger partial charge in [-0.05, 0) is 56.9 Å². The highest BCUT2D eigenvalue weighted by atomic mass is 16.1. The van der Waals surface area contributed by atoms with Crippen LogP contribution in [0.4, 0.5) is 0 Å². The molecule has 3 aliphatic rings. The Labute approximate surface area is 122 Å². The van der Waals surface area contributed by atoms with E-state index in [4.69, 9.17) is 5.73 Å². The maximum absolute atomic E-state index is 12.2. The number of carbonyl (C=O) groups excluding carboxylic acids is 1. The molecule has 20 heavy (non-hydrogen) atoms. The Morgan fingerprint density at radius 3 is 2.60 bits per heavy atom. The molecule has 2 aliphatic carbocycles. The number of hydrogen-bond donors (Lipinski definition) is 2. The fourth-order valence-corrected chi connectivity index (χ4v) is 3.86. The van der Waals surface area contributed by atoms with Gasteiger partial charge in [0.25, 0.3) is 0 Å². The Bertz CT molecular complexity index is 365. The van der Waals surface area contributed by atoms with Gasteiger partial charge in [0.15, 0.2) is 0 Å². The lowest BCUT2D eigenvalue weighted by Crippen LogP contribution is -2.63. The molecule has 2 saturated carbocycles. The van der Waals surface area contributed by atoms with Crippen LogP contribution < -0.4 is 11.1 Å². The number of nitrogens with one attached hydrogen (secondary N) is 1. The van der Waals surface area contributed by atoms with Crippen molar-refractivity contribution >= 4 is 5.91 Å². The molecule has 0 aromatic carbocycles. The molecule has 0 aromatic rings. The van der Waals surface area contributed by atoms with Crippen LogP contribution in [0, 0.1) is 11.8 Å². The lowest BCUT2D eigenvalue weighted by molar-refractivity contribution is -0.126. The Morgan fingerprint density at radius 1 is 1.30 bits per heavy atom. The summed E-state index contributed by atoms with van der Waals surface area (Å²) in [6.45, 7) is 5.39. The van der Waals surface area contributed by atoms with Crippen LogP contribution >= 0.6 is 0 Å². The van der Waals surface area contributed by atoms with Gasteiger partial charge in [-0.15, -0.1) is 0 Å². The zero-order chi connectivity index (χ0) is 14.2. The number of nitrogens with two attached hydrogens (primary N) is 1. The molecule has 0 radical (unpaired) electrons.